The maximum Gasteiger partial charge on any atom is 0.250 e. The second kappa shape index (κ2) is 4.98. The molecule has 0 bridgehead atoms. The van der Waals surface area contributed by atoms with E-state index in [2.05, 4.69) is 4.98 Å². The highest BCUT2D eigenvalue weighted by Gasteiger charge is 2.14. The van der Waals surface area contributed by atoms with E-state index in [4.69, 9.17) is 5.73 Å². The number of carbonyl (C=O) groups excluding carboxylic acids is 1. The summed E-state index contributed by atoms with van der Waals surface area (Å²) in [6, 6.07) is 11.0. The number of nitrogens with zero attached hydrogens (tertiary/aromatic N) is 1. The Morgan fingerprint density at radius 2 is 2.00 bits per heavy atom. The van der Waals surface area contributed by atoms with E-state index < -0.39 is 5.91 Å². The standard InChI is InChI=1S/C14H14N2O2/c1-9-11(8-17)7-12(14(15)18)13(16-9)10-5-3-2-4-6-10/h2-7,17H,8H2,1H3,(H2,15,18). The number of pyridine rings is 1. The van der Waals surface area contributed by atoms with Gasteiger partial charge in [0.2, 0.25) is 0 Å². The van der Waals surface area contributed by atoms with Crippen LogP contribution in [0.4, 0.5) is 0 Å². The smallest absolute Gasteiger partial charge is 0.250 e. The molecule has 1 aromatic carbocycles. The Bertz CT molecular complexity index is 580. The van der Waals surface area contributed by atoms with Crippen LogP contribution in [0.15, 0.2) is 36.4 Å². The van der Waals surface area contributed by atoms with E-state index in [0.29, 0.717) is 22.5 Å². The molecule has 1 amide bonds. The molecule has 0 aliphatic heterocycles. The number of aliphatic hydroxyl groups is 1. The number of aliphatic hydroxyl groups excluding tert-OH is 1. The van der Waals surface area contributed by atoms with Crippen molar-refractivity contribution >= 4 is 5.91 Å². The summed E-state index contributed by atoms with van der Waals surface area (Å²) in [6.07, 6.45) is 0. The molecule has 1 heterocycles. The van der Waals surface area contributed by atoms with E-state index in [-0.39, 0.29) is 6.61 Å². The van der Waals surface area contributed by atoms with E-state index in [9.17, 15) is 9.90 Å². The third kappa shape index (κ3) is 2.24. The molecular formula is C14H14N2O2. The van der Waals surface area contributed by atoms with Gasteiger partial charge in [-0.3, -0.25) is 9.78 Å². The highest BCUT2D eigenvalue weighted by molar-refractivity contribution is 5.99. The van der Waals surface area contributed by atoms with Gasteiger partial charge >= 0.3 is 0 Å². The Morgan fingerprint density at radius 3 is 2.56 bits per heavy atom. The van der Waals surface area contributed by atoms with Crippen LogP contribution in [0.1, 0.15) is 21.6 Å². The first-order chi connectivity index (χ1) is 8.63. The molecule has 1 aromatic heterocycles. The van der Waals surface area contributed by atoms with Crippen LogP contribution in [-0.2, 0) is 6.61 Å². The van der Waals surface area contributed by atoms with Crippen molar-refractivity contribution in [3.63, 3.8) is 0 Å². The molecule has 18 heavy (non-hydrogen) atoms. The van der Waals surface area contributed by atoms with Crippen molar-refractivity contribution < 1.29 is 9.90 Å². The van der Waals surface area contributed by atoms with Crippen molar-refractivity contribution in [1.29, 1.82) is 0 Å². The van der Waals surface area contributed by atoms with E-state index in [1.807, 2.05) is 30.3 Å². The number of nitrogens with two attached hydrogens (primary N) is 1. The Hall–Kier alpha value is -2.20. The minimum Gasteiger partial charge on any atom is -0.392 e. The van der Waals surface area contributed by atoms with Crippen LogP contribution in [0.25, 0.3) is 11.3 Å². The van der Waals surface area contributed by atoms with Crippen LogP contribution in [0.5, 0.6) is 0 Å². The lowest BCUT2D eigenvalue weighted by molar-refractivity contribution is 0.100. The average molecular weight is 242 g/mol. The van der Waals surface area contributed by atoms with Gasteiger partial charge in [-0.15, -0.1) is 0 Å². The largest absolute Gasteiger partial charge is 0.392 e. The molecule has 2 aromatic rings. The first kappa shape index (κ1) is 12.3. The van der Waals surface area contributed by atoms with Crippen molar-refractivity contribution in [3.8, 4) is 11.3 Å². The van der Waals surface area contributed by atoms with Crippen molar-refractivity contribution in [3.05, 3.63) is 53.2 Å². The lowest BCUT2D eigenvalue weighted by Crippen LogP contribution is -2.15. The zero-order valence-electron chi connectivity index (χ0n) is 10.1. The van der Waals surface area contributed by atoms with E-state index in [1.165, 1.54) is 0 Å². The van der Waals surface area contributed by atoms with E-state index in [0.717, 1.165) is 5.56 Å². The molecule has 4 heteroatoms. The zero-order chi connectivity index (χ0) is 13.1. The molecule has 0 aliphatic carbocycles. The van der Waals surface area contributed by atoms with Gasteiger partial charge in [0.1, 0.15) is 0 Å². The average Bonchev–Trinajstić information content (AvgIpc) is 2.39. The van der Waals surface area contributed by atoms with Crippen LogP contribution in [0.3, 0.4) is 0 Å². The first-order valence-corrected chi connectivity index (χ1v) is 5.60. The fourth-order valence-corrected chi connectivity index (χ4v) is 1.81. The van der Waals surface area contributed by atoms with Crippen molar-refractivity contribution in [2.75, 3.05) is 0 Å². The first-order valence-electron chi connectivity index (χ1n) is 5.60. The molecule has 0 saturated heterocycles. The predicted octanol–water partition coefficient (Wildman–Crippen LogP) is 1.65. The SMILES string of the molecule is Cc1nc(-c2ccccc2)c(C(N)=O)cc1CO. The Kier molecular flexibility index (Phi) is 3.39. The molecule has 0 atom stereocenters. The number of hydrogen-bond donors (Lipinski definition) is 2. The second-order valence-electron chi connectivity index (χ2n) is 4.02. The summed E-state index contributed by atoms with van der Waals surface area (Å²) in [6.45, 7) is 1.64. The summed E-state index contributed by atoms with van der Waals surface area (Å²) < 4.78 is 0. The van der Waals surface area contributed by atoms with Crippen LogP contribution in [-0.4, -0.2) is 16.0 Å². The number of benzene rings is 1. The van der Waals surface area contributed by atoms with Crippen LogP contribution >= 0.6 is 0 Å². The summed E-state index contributed by atoms with van der Waals surface area (Å²) in [4.78, 5) is 15.8. The number of rotatable bonds is 3. The Balaban J connectivity index is 2.66. The van der Waals surface area contributed by atoms with E-state index in [1.54, 1.807) is 13.0 Å². The van der Waals surface area contributed by atoms with Crippen molar-refractivity contribution in [1.82, 2.24) is 4.98 Å². The molecule has 0 aliphatic rings. The summed E-state index contributed by atoms with van der Waals surface area (Å²) in [5, 5.41) is 9.19. The minimum atomic E-state index is -0.545. The lowest BCUT2D eigenvalue weighted by atomic mass is 10.0. The normalized spacial score (nSPS) is 10.3. The van der Waals surface area contributed by atoms with E-state index >= 15 is 0 Å². The number of amides is 1. The quantitative estimate of drug-likeness (QED) is 0.859. The molecule has 2 rings (SSSR count). The summed E-state index contributed by atoms with van der Waals surface area (Å²) >= 11 is 0. The summed E-state index contributed by atoms with van der Waals surface area (Å²) in [7, 11) is 0. The molecule has 0 radical (unpaired) electrons. The van der Waals surface area contributed by atoms with Gasteiger partial charge in [0, 0.05) is 11.3 Å². The van der Waals surface area contributed by atoms with Crippen molar-refractivity contribution in [2.24, 2.45) is 5.73 Å². The number of aromatic nitrogens is 1. The fourth-order valence-electron chi connectivity index (χ4n) is 1.81. The Labute approximate surface area is 105 Å². The maximum absolute atomic E-state index is 11.5. The van der Waals surface area contributed by atoms with Gasteiger partial charge < -0.3 is 10.8 Å². The molecular weight excluding hydrogens is 228 g/mol. The third-order valence-corrected chi connectivity index (χ3v) is 2.80. The van der Waals surface area contributed by atoms with Gasteiger partial charge in [-0.25, -0.2) is 0 Å². The Morgan fingerprint density at radius 1 is 1.33 bits per heavy atom. The number of aryl methyl sites for hydroxylation is 1. The third-order valence-electron chi connectivity index (χ3n) is 2.80. The summed E-state index contributed by atoms with van der Waals surface area (Å²) in [5.74, 6) is -0.545. The fraction of sp³-hybridized carbons (Fsp3) is 0.143. The van der Waals surface area contributed by atoms with Gasteiger partial charge in [-0.1, -0.05) is 30.3 Å². The maximum atomic E-state index is 11.5. The van der Waals surface area contributed by atoms with Crippen LogP contribution < -0.4 is 5.73 Å². The highest BCUT2D eigenvalue weighted by atomic mass is 16.3. The molecule has 3 N–H and O–H groups in total. The minimum absolute atomic E-state index is 0.159. The molecule has 0 spiro atoms. The summed E-state index contributed by atoms with van der Waals surface area (Å²) in [5.41, 5.74) is 8.39. The number of hydrogen-bond acceptors (Lipinski definition) is 3. The zero-order valence-corrected chi connectivity index (χ0v) is 10.1. The van der Waals surface area contributed by atoms with Gasteiger partial charge in [0.25, 0.3) is 5.91 Å². The van der Waals surface area contributed by atoms with Gasteiger partial charge in [-0.2, -0.15) is 0 Å². The topological polar surface area (TPSA) is 76.2 Å². The highest BCUT2D eigenvalue weighted by Crippen LogP contribution is 2.23. The second-order valence-corrected chi connectivity index (χ2v) is 4.02. The molecule has 92 valence electrons. The molecule has 0 saturated carbocycles. The van der Waals surface area contributed by atoms with Gasteiger partial charge in [-0.05, 0) is 18.6 Å². The lowest BCUT2D eigenvalue weighted by Gasteiger charge is -2.10. The van der Waals surface area contributed by atoms with Crippen molar-refractivity contribution in [2.45, 2.75) is 13.5 Å². The molecule has 0 fully saturated rings. The monoisotopic (exact) mass is 242 g/mol. The van der Waals surface area contributed by atoms with Crippen LogP contribution in [0, 0.1) is 6.92 Å². The van der Waals surface area contributed by atoms with Gasteiger partial charge in [0.05, 0.1) is 17.9 Å². The molecule has 0 unspecified atom stereocenters. The van der Waals surface area contributed by atoms with Crippen LogP contribution in [0.2, 0.25) is 0 Å². The number of primary amides is 1. The number of carbonyl (C=O) groups is 1. The predicted molar refractivity (Wildman–Crippen MR) is 68.9 cm³/mol. The molecule has 4 nitrogen and oxygen atoms in total. The van der Waals surface area contributed by atoms with Gasteiger partial charge in [0.15, 0.2) is 0 Å².